The number of ether oxygens (including phenoxy) is 6. The molecule has 0 spiro atoms. The van der Waals surface area contributed by atoms with Crippen LogP contribution in [0.5, 0.6) is 23.0 Å². The minimum Gasteiger partial charge on any atom is -0.490 e. The molecule has 1 aliphatic carbocycles. The Morgan fingerprint density at radius 2 is 1.02 bits per heavy atom. The predicted octanol–water partition coefficient (Wildman–Crippen LogP) is 7.23. The van der Waals surface area contributed by atoms with E-state index < -0.39 is 23.9 Å². The molecule has 0 saturated carbocycles. The van der Waals surface area contributed by atoms with Gasteiger partial charge in [0.15, 0.2) is 0 Å². The summed E-state index contributed by atoms with van der Waals surface area (Å²) in [4.78, 5) is 47.4. The molecule has 0 N–H and O–H groups in total. The third kappa shape index (κ3) is 9.93. The molecule has 0 bridgehead atoms. The maximum Gasteiger partial charge on any atom is 0.336 e. The fraction of sp³-hybridized carbons (Fsp3) is 0.122. The van der Waals surface area contributed by atoms with Crippen LogP contribution in [0.25, 0.3) is 23.3 Å². The van der Waals surface area contributed by atoms with Crippen molar-refractivity contribution in [3.63, 3.8) is 0 Å². The van der Waals surface area contributed by atoms with Crippen molar-refractivity contribution in [2.75, 3.05) is 20.0 Å². The zero-order valence-corrected chi connectivity index (χ0v) is 27.7. The highest BCUT2D eigenvalue weighted by Crippen LogP contribution is 2.47. The van der Waals surface area contributed by atoms with Crippen molar-refractivity contribution in [3.05, 3.63) is 145 Å². The van der Waals surface area contributed by atoms with E-state index in [4.69, 9.17) is 28.4 Å². The van der Waals surface area contributed by atoms with Gasteiger partial charge in [0.2, 0.25) is 6.79 Å². The summed E-state index contributed by atoms with van der Waals surface area (Å²) in [5.41, 5.74) is 5.52. The van der Waals surface area contributed by atoms with Crippen molar-refractivity contribution in [2.45, 2.75) is 12.8 Å². The van der Waals surface area contributed by atoms with Gasteiger partial charge in [-0.15, -0.1) is 0 Å². The molecule has 1 unspecified atom stereocenters. The van der Waals surface area contributed by atoms with E-state index in [0.29, 0.717) is 23.0 Å². The van der Waals surface area contributed by atoms with Crippen molar-refractivity contribution in [1.29, 1.82) is 0 Å². The summed E-state index contributed by atoms with van der Waals surface area (Å²) >= 11 is 0. The standard InChI is InChI=1S/C41H34O10/c1-4-38(42)47-23-22-46-30-12-6-28(7-13-30)10-20-40(44)50-32-16-18-34-35-19-17-33(25-37(35)27(3)36(34)24-32)51-41(45)21-11-29-8-14-31(15-9-29)48-26-49-39(43)5-2/h4-21,24-25,27H,1-2,22-23,26H2,3H3/b20-10+,21-11+. The van der Waals surface area contributed by atoms with Crippen molar-refractivity contribution >= 4 is 36.0 Å². The summed E-state index contributed by atoms with van der Waals surface area (Å²) in [5.74, 6) is -0.270. The quantitative estimate of drug-likeness (QED) is 0.0416. The maximum atomic E-state index is 12.6. The summed E-state index contributed by atoms with van der Waals surface area (Å²) in [6.45, 7) is 8.77. The SMILES string of the molecule is C=CC(=O)OCCOc1ccc(/C=C/C(=O)Oc2ccc3c(c2)C(C)c2cc(OC(=O)/C=C/c4ccc(OCOC(=O)C=C)cc4)ccc2-3)cc1. The molecule has 1 atom stereocenters. The molecule has 0 heterocycles. The molecule has 0 aromatic heterocycles. The van der Waals surface area contributed by atoms with Gasteiger partial charge in [0.1, 0.15) is 36.2 Å². The summed E-state index contributed by atoms with van der Waals surface area (Å²) < 4.78 is 31.7. The second kappa shape index (κ2) is 17.1. The lowest BCUT2D eigenvalue weighted by molar-refractivity contribution is -0.144. The van der Waals surface area contributed by atoms with Crippen molar-refractivity contribution in [3.8, 4) is 34.1 Å². The van der Waals surface area contributed by atoms with Crippen LogP contribution in [-0.4, -0.2) is 43.9 Å². The summed E-state index contributed by atoms with van der Waals surface area (Å²) in [7, 11) is 0. The van der Waals surface area contributed by atoms with Crippen LogP contribution in [0, 0.1) is 0 Å². The molecule has 0 fully saturated rings. The van der Waals surface area contributed by atoms with Crippen molar-refractivity contribution < 1.29 is 47.6 Å². The van der Waals surface area contributed by atoms with Crippen molar-refractivity contribution in [1.82, 2.24) is 0 Å². The van der Waals surface area contributed by atoms with Crippen LogP contribution in [0.3, 0.4) is 0 Å². The number of benzene rings is 4. The second-order valence-electron chi connectivity index (χ2n) is 11.0. The Labute approximate surface area is 294 Å². The number of carbonyl (C=O) groups excluding carboxylic acids is 4. The van der Waals surface area contributed by atoms with E-state index in [1.165, 1.54) is 12.2 Å². The van der Waals surface area contributed by atoms with E-state index in [1.54, 1.807) is 72.8 Å². The van der Waals surface area contributed by atoms with Crippen LogP contribution in [0.1, 0.15) is 35.1 Å². The number of esters is 4. The summed E-state index contributed by atoms with van der Waals surface area (Å²) in [5, 5.41) is 0. The number of rotatable bonds is 15. The van der Waals surface area contributed by atoms with Crippen LogP contribution in [0.15, 0.2) is 122 Å². The Balaban J connectivity index is 1.12. The Morgan fingerprint density at radius 1 is 0.569 bits per heavy atom. The second-order valence-corrected chi connectivity index (χ2v) is 11.0. The molecule has 0 radical (unpaired) electrons. The maximum absolute atomic E-state index is 12.6. The van der Waals surface area contributed by atoms with Crippen LogP contribution in [-0.2, 0) is 28.7 Å². The lowest BCUT2D eigenvalue weighted by atomic mass is 9.99. The van der Waals surface area contributed by atoms with Gasteiger partial charge in [0.25, 0.3) is 0 Å². The summed E-state index contributed by atoms with van der Waals surface area (Å²) in [6, 6.07) is 25.0. The molecule has 10 heteroatoms. The first kappa shape index (κ1) is 35.6. The Hall–Kier alpha value is -6.68. The van der Waals surface area contributed by atoms with Gasteiger partial charge in [-0.1, -0.05) is 56.5 Å². The largest absolute Gasteiger partial charge is 0.490 e. The van der Waals surface area contributed by atoms with Gasteiger partial charge in [-0.25, -0.2) is 19.2 Å². The molecule has 258 valence electrons. The Bertz CT molecular complexity index is 1990. The number of fused-ring (bicyclic) bond motifs is 3. The normalized spacial score (nSPS) is 12.8. The lowest BCUT2D eigenvalue weighted by Gasteiger charge is -2.09. The van der Waals surface area contributed by atoms with Gasteiger partial charge in [-0.3, -0.25) is 0 Å². The highest BCUT2D eigenvalue weighted by molar-refractivity contribution is 5.90. The van der Waals surface area contributed by atoms with E-state index in [1.807, 2.05) is 31.2 Å². The molecule has 10 nitrogen and oxygen atoms in total. The average molecular weight is 687 g/mol. The molecular formula is C41H34O10. The highest BCUT2D eigenvalue weighted by Gasteiger charge is 2.27. The predicted molar refractivity (Wildman–Crippen MR) is 190 cm³/mol. The van der Waals surface area contributed by atoms with Gasteiger partial charge in [0.05, 0.1) is 0 Å². The first-order chi connectivity index (χ1) is 24.7. The Kier molecular flexibility index (Phi) is 12.0. The van der Waals surface area contributed by atoms with Gasteiger partial charge >= 0.3 is 23.9 Å². The zero-order valence-electron chi connectivity index (χ0n) is 27.7. The van der Waals surface area contributed by atoms with Crippen LogP contribution in [0.2, 0.25) is 0 Å². The van der Waals surface area contributed by atoms with Crippen LogP contribution < -0.4 is 18.9 Å². The molecule has 0 saturated heterocycles. The van der Waals surface area contributed by atoms with E-state index in [9.17, 15) is 19.2 Å². The lowest BCUT2D eigenvalue weighted by Crippen LogP contribution is -2.10. The molecule has 0 aliphatic heterocycles. The number of hydrogen-bond acceptors (Lipinski definition) is 10. The molecule has 1 aliphatic rings. The third-order valence-corrected chi connectivity index (χ3v) is 7.65. The highest BCUT2D eigenvalue weighted by atomic mass is 16.7. The minimum atomic E-state index is -0.579. The third-order valence-electron chi connectivity index (χ3n) is 7.65. The molecule has 0 amide bonds. The fourth-order valence-corrected chi connectivity index (χ4v) is 5.14. The van der Waals surface area contributed by atoms with E-state index in [-0.39, 0.29) is 25.9 Å². The number of hydrogen-bond donors (Lipinski definition) is 0. The minimum absolute atomic E-state index is 0.0332. The van der Waals surface area contributed by atoms with E-state index in [0.717, 1.165) is 45.5 Å². The number of carbonyl (C=O) groups is 4. The molecule has 51 heavy (non-hydrogen) atoms. The molecule has 4 aromatic carbocycles. The first-order valence-corrected chi connectivity index (χ1v) is 15.8. The van der Waals surface area contributed by atoms with Crippen LogP contribution in [0.4, 0.5) is 0 Å². The van der Waals surface area contributed by atoms with E-state index in [2.05, 4.69) is 13.2 Å². The smallest absolute Gasteiger partial charge is 0.336 e. The zero-order chi connectivity index (χ0) is 36.2. The van der Waals surface area contributed by atoms with Gasteiger partial charge in [0, 0.05) is 30.2 Å². The molecule has 4 aromatic rings. The fourth-order valence-electron chi connectivity index (χ4n) is 5.14. The van der Waals surface area contributed by atoms with Crippen molar-refractivity contribution in [2.24, 2.45) is 0 Å². The van der Waals surface area contributed by atoms with Gasteiger partial charge < -0.3 is 28.4 Å². The average Bonchev–Trinajstić information content (AvgIpc) is 3.42. The van der Waals surface area contributed by atoms with Gasteiger partial charge in [-0.05, 0) is 94.1 Å². The Morgan fingerprint density at radius 3 is 1.51 bits per heavy atom. The monoisotopic (exact) mass is 686 g/mol. The topological polar surface area (TPSA) is 124 Å². The van der Waals surface area contributed by atoms with Gasteiger partial charge in [-0.2, -0.15) is 0 Å². The van der Waals surface area contributed by atoms with Crippen LogP contribution >= 0.6 is 0 Å². The van der Waals surface area contributed by atoms with E-state index >= 15 is 0 Å². The molecule has 5 rings (SSSR count). The first-order valence-electron chi connectivity index (χ1n) is 15.8. The molecular weight excluding hydrogens is 652 g/mol. The summed E-state index contributed by atoms with van der Waals surface area (Å²) in [6.07, 6.45) is 8.08.